The van der Waals surface area contributed by atoms with E-state index in [9.17, 15) is 0 Å². The van der Waals surface area contributed by atoms with E-state index in [1.165, 1.54) is 64.6 Å². The van der Waals surface area contributed by atoms with Gasteiger partial charge in [0.2, 0.25) is 0 Å². The van der Waals surface area contributed by atoms with Gasteiger partial charge in [0.25, 0.3) is 0 Å². The van der Waals surface area contributed by atoms with E-state index in [0.29, 0.717) is 0 Å². The predicted octanol–water partition coefficient (Wildman–Crippen LogP) is 2.66. The molecular formula is C11H21N. The van der Waals surface area contributed by atoms with Crippen LogP contribution in [0.5, 0.6) is 0 Å². The van der Waals surface area contributed by atoms with Gasteiger partial charge in [0.1, 0.15) is 0 Å². The second-order valence-electron chi connectivity index (χ2n) is 4.51. The Balaban J connectivity index is 1.69. The third kappa shape index (κ3) is 2.22. The van der Waals surface area contributed by atoms with E-state index in [1.807, 2.05) is 0 Å². The van der Waals surface area contributed by atoms with E-state index in [0.717, 1.165) is 5.92 Å². The van der Waals surface area contributed by atoms with Crippen molar-refractivity contribution in [1.82, 2.24) is 4.90 Å². The first kappa shape index (κ1) is 8.55. The molecule has 0 bridgehead atoms. The van der Waals surface area contributed by atoms with Crippen molar-refractivity contribution in [2.24, 2.45) is 5.92 Å². The predicted molar refractivity (Wildman–Crippen MR) is 52.2 cm³/mol. The van der Waals surface area contributed by atoms with Crippen molar-refractivity contribution < 1.29 is 0 Å². The number of hydrogen-bond donors (Lipinski definition) is 0. The van der Waals surface area contributed by atoms with Crippen molar-refractivity contribution in [1.29, 1.82) is 0 Å². The van der Waals surface area contributed by atoms with Gasteiger partial charge in [-0.05, 0) is 44.7 Å². The van der Waals surface area contributed by atoms with Gasteiger partial charge in [-0.1, -0.05) is 19.3 Å². The second-order valence-corrected chi connectivity index (χ2v) is 4.51. The molecule has 0 radical (unpaired) electrons. The number of nitrogens with zero attached hydrogens (tertiary/aromatic N) is 1. The molecule has 0 aromatic carbocycles. The summed E-state index contributed by atoms with van der Waals surface area (Å²) in [7, 11) is 0. The van der Waals surface area contributed by atoms with Crippen LogP contribution >= 0.6 is 0 Å². The molecule has 0 N–H and O–H groups in total. The molecular weight excluding hydrogens is 146 g/mol. The molecule has 70 valence electrons. The maximum Gasteiger partial charge on any atom is 0.000965 e. The SMILES string of the molecule is C1CCN(CC2CCCC2)CC1. The monoisotopic (exact) mass is 167 g/mol. The Labute approximate surface area is 76.1 Å². The van der Waals surface area contributed by atoms with Crippen LogP contribution in [-0.2, 0) is 0 Å². The van der Waals surface area contributed by atoms with Crippen LogP contribution in [0.1, 0.15) is 44.9 Å². The topological polar surface area (TPSA) is 3.24 Å². The molecule has 2 aliphatic rings. The molecule has 0 unspecified atom stereocenters. The molecule has 0 aromatic rings. The van der Waals surface area contributed by atoms with Crippen LogP contribution in [0.25, 0.3) is 0 Å². The Morgan fingerprint density at radius 2 is 1.50 bits per heavy atom. The fraction of sp³-hybridized carbons (Fsp3) is 1.00. The Hall–Kier alpha value is -0.0400. The van der Waals surface area contributed by atoms with Gasteiger partial charge in [0.15, 0.2) is 0 Å². The normalized spacial score (nSPS) is 28.0. The average molecular weight is 167 g/mol. The zero-order valence-corrected chi connectivity index (χ0v) is 8.10. The van der Waals surface area contributed by atoms with Crippen LogP contribution in [0.15, 0.2) is 0 Å². The minimum atomic E-state index is 1.06. The quantitative estimate of drug-likeness (QED) is 0.611. The summed E-state index contributed by atoms with van der Waals surface area (Å²) < 4.78 is 0. The minimum Gasteiger partial charge on any atom is -0.303 e. The molecule has 0 aromatic heterocycles. The highest BCUT2D eigenvalue weighted by Crippen LogP contribution is 2.26. The molecule has 1 nitrogen and oxygen atoms in total. The molecule has 0 spiro atoms. The smallest absolute Gasteiger partial charge is 0.000965 e. The molecule has 0 amide bonds. The Morgan fingerprint density at radius 1 is 0.833 bits per heavy atom. The Bertz CT molecular complexity index is 121. The lowest BCUT2D eigenvalue weighted by Crippen LogP contribution is -2.33. The van der Waals surface area contributed by atoms with Crippen LogP contribution in [0, 0.1) is 5.92 Å². The molecule has 1 aliphatic carbocycles. The van der Waals surface area contributed by atoms with Crippen LogP contribution < -0.4 is 0 Å². The van der Waals surface area contributed by atoms with Crippen LogP contribution in [0.4, 0.5) is 0 Å². The Morgan fingerprint density at radius 3 is 2.17 bits per heavy atom. The van der Waals surface area contributed by atoms with Gasteiger partial charge >= 0.3 is 0 Å². The highest BCUT2D eigenvalue weighted by atomic mass is 15.1. The summed E-state index contributed by atoms with van der Waals surface area (Å²) in [6.45, 7) is 4.19. The van der Waals surface area contributed by atoms with Gasteiger partial charge in [-0.3, -0.25) is 0 Å². The maximum absolute atomic E-state index is 2.69. The van der Waals surface area contributed by atoms with E-state index in [-0.39, 0.29) is 0 Å². The zero-order valence-electron chi connectivity index (χ0n) is 8.10. The number of rotatable bonds is 2. The molecule has 1 heterocycles. The fourth-order valence-corrected chi connectivity index (χ4v) is 2.70. The van der Waals surface area contributed by atoms with Crippen molar-refractivity contribution in [2.75, 3.05) is 19.6 Å². The third-order valence-corrected chi connectivity index (χ3v) is 3.44. The number of piperidine rings is 1. The standard InChI is InChI=1S/C11H21N/c1-4-8-12(9-5-1)10-11-6-2-3-7-11/h11H,1-10H2. The van der Waals surface area contributed by atoms with Crippen LogP contribution in [0.2, 0.25) is 0 Å². The van der Waals surface area contributed by atoms with Gasteiger partial charge in [0.05, 0.1) is 0 Å². The average Bonchev–Trinajstić information content (AvgIpc) is 2.59. The van der Waals surface area contributed by atoms with Crippen molar-refractivity contribution in [2.45, 2.75) is 44.9 Å². The molecule has 0 atom stereocenters. The summed E-state index contributed by atoms with van der Waals surface area (Å²) >= 11 is 0. The lowest BCUT2D eigenvalue weighted by atomic mass is 10.1. The van der Waals surface area contributed by atoms with E-state index in [1.54, 1.807) is 0 Å². The van der Waals surface area contributed by atoms with Gasteiger partial charge in [0, 0.05) is 6.54 Å². The summed E-state index contributed by atoms with van der Waals surface area (Å²) in [5.41, 5.74) is 0. The van der Waals surface area contributed by atoms with E-state index in [4.69, 9.17) is 0 Å². The lowest BCUT2D eigenvalue weighted by molar-refractivity contribution is 0.196. The first-order chi connectivity index (χ1) is 5.95. The summed E-state index contributed by atoms with van der Waals surface area (Å²) in [4.78, 5) is 2.69. The fourth-order valence-electron chi connectivity index (χ4n) is 2.70. The van der Waals surface area contributed by atoms with Gasteiger partial charge < -0.3 is 4.90 Å². The lowest BCUT2D eigenvalue weighted by Gasteiger charge is -2.28. The molecule has 1 aliphatic heterocycles. The molecule has 2 rings (SSSR count). The minimum absolute atomic E-state index is 1.06. The summed E-state index contributed by atoms with van der Waals surface area (Å²) in [6, 6.07) is 0. The van der Waals surface area contributed by atoms with Gasteiger partial charge in [-0.25, -0.2) is 0 Å². The number of likely N-dealkylation sites (tertiary alicyclic amines) is 1. The van der Waals surface area contributed by atoms with E-state index in [2.05, 4.69) is 4.90 Å². The second kappa shape index (κ2) is 4.27. The first-order valence-electron chi connectivity index (χ1n) is 5.67. The summed E-state index contributed by atoms with van der Waals surface area (Å²) in [6.07, 6.45) is 10.4. The third-order valence-electron chi connectivity index (χ3n) is 3.44. The van der Waals surface area contributed by atoms with Crippen molar-refractivity contribution >= 4 is 0 Å². The zero-order chi connectivity index (χ0) is 8.23. The molecule has 12 heavy (non-hydrogen) atoms. The van der Waals surface area contributed by atoms with Crippen molar-refractivity contribution in [3.63, 3.8) is 0 Å². The molecule has 2 fully saturated rings. The largest absolute Gasteiger partial charge is 0.303 e. The van der Waals surface area contributed by atoms with Crippen LogP contribution in [-0.4, -0.2) is 24.5 Å². The molecule has 1 saturated carbocycles. The van der Waals surface area contributed by atoms with Crippen LogP contribution in [0.3, 0.4) is 0 Å². The maximum atomic E-state index is 2.69. The number of hydrogen-bond acceptors (Lipinski definition) is 1. The van der Waals surface area contributed by atoms with Crippen molar-refractivity contribution in [3.8, 4) is 0 Å². The van der Waals surface area contributed by atoms with E-state index < -0.39 is 0 Å². The van der Waals surface area contributed by atoms with Gasteiger partial charge in [-0.2, -0.15) is 0 Å². The molecule has 1 saturated heterocycles. The Kier molecular flexibility index (Phi) is 3.04. The summed E-state index contributed by atoms with van der Waals surface area (Å²) in [5, 5.41) is 0. The first-order valence-corrected chi connectivity index (χ1v) is 5.67. The van der Waals surface area contributed by atoms with Gasteiger partial charge in [-0.15, -0.1) is 0 Å². The van der Waals surface area contributed by atoms with E-state index >= 15 is 0 Å². The van der Waals surface area contributed by atoms with Crippen molar-refractivity contribution in [3.05, 3.63) is 0 Å². The summed E-state index contributed by atoms with van der Waals surface area (Å²) in [5.74, 6) is 1.06. The highest BCUT2D eigenvalue weighted by molar-refractivity contribution is 4.73. The highest BCUT2D eigenvalue weighted by Gasteiger charge is 2.19. The molecule has 1 heteroatoms.